The number of hydrogen-bond donors (Lipinski definition) is 1. The molecule has 2 rings (SSSR count). The maximum atomic E-state index is 15.4. The van der Waals surface area contributed by atoms with Gasteiger partial charge in [-0.1, -0.05) is 41.5 Å². The van der Waals surface area contributed by atoms with E-state index >= 15 is 4.39 Å². The van der Waals surface area contributed by atoms with Gasteiger partial charge in [0, 0.05) is 42.4 Å². The molecule has 238 valence electrons. The topological polar surface area (TPSA) is 66.4 Å². The van der Waals surface area contributed by atoms with Crippen molar-refractivity contribution < 1.29 is 26.6 Å². The molecule has 1 saturated carbocycles. The summed E-state index contributed by atoms with van der Waals surface area (Å²) in [5.74, 6) is -3.73. The van der Waals surface area contributed by atoms with Crippen LogP contribution >= 0.6 is 0 Å². The van der Waals surface area contributed by atoms with Crippen LogP contribution in [0.25, 0.3) is 0 Å². The molecule has 1 aliphatic rings. The van der Waals surface area contributed by atoms with Gasteiger partial charge in [-0.05, 0) is 82.0 Å². The average molecular weight is 637 g/mol. The Morgan fingerprint density at radius 2 is 1.51 bits per heavy atom. The summed E-state index contributed by atoms with van der Waals surface area (Å²) in [6.45, 7) is 28.4. The Morgan fingerprint density at radius 3 is 1.95 bits per heavy atom. The van der Waals surface area contributed by atoms with Crippen LogP contribution in [0.15, 0.2) is 12.3 Å². The normalized spacial score (nSPS) is 22.8. The van der Waals surface area contributed by atoms with E-state index in [1.54, 1.807) is 0 Å². The maximum absolute atomic E-state index is 15.4. The maximum Gasteiger partial charge on any atom is 0.249 e. The summed E-state index contributed by atoms with van der Waals surface area (Å²) in [4.78, 5) is 3.84. The first-order valence-corrected chi connectivity index (χ1v) is 21.6. The van der Waals surface area contributed by atoms with E-state index in [0.29, 0.717) is 19.3 Å². The molecule has 1 aliphatic carbocycles. The minimum absolute atomic E-state index is 0.00233. The van der Waals surface area contributed by atoms with Gasteiger partial charge in [-0.2, -0.15) is 4.39 Å². The van der Waals surface area contributed by atoms with Crippen LogP contribution in [0.5, 0.6) is 0 Å². The molecule has 1 fully saturated rings. The van der Waals surface area contributed by atoms with Gasteiger partial charge in [0.05, 0.1) is 17.7 Å². The molecule has 41 heavy (non-hydrogen) atoms. The molecule has 0 saturated heterocycles. The van der Waals surface area contributed by atoms with Gasteiger partial charge in [0.15, 0.2) is 16.6 Å². The van der Waals surface area contributed by atoms with Crippen molar-refractivity contribution in [3.8, 4) is 0 Å². The third kappa shape index (κ3) is 9.78. The summed E-state index contributed by atoms with van der Waals surface area (Å²) in [5, 5.41) is -0.0161. The zero-order valence-corrected chi connectivity index (χ0v) is 30.7. The number of aromatic nitrogens is 1. The highest BCUT2D eigenvalue weighted by molar-refractivity contribution is 7.90. The van der Waals surface area contributed by atoms with Crippen LogP contribution in [0.1, 0.15) is 106 Å². The van der Waals surface area contributed by atoms with Gasteiger partial charge in [-0.15, -0.1) is 4.72 Å². The van der Waals surface area contributed by atoms with Crippen LogP contribution < -0.4 is 4.72 Å². The predicted molar refractivity (Wildman–Crippen MR) is 169 cm³/mol. The van der Waals surface area contributed by atoms with Gasteiger partial charge < -0.3 is 13.4 Å². The fraction of sp³-hybridized carbons (Fsp3) is 0.833. The van der Waals surface area contributed by atoms with E-state index in [0.717, 1.165) is 13.1 Å². The van der Waals surface area contributed by atoms with E-state index in [2.05, 4.69) is 77.4 Å². The molecular formula is C30H55F3N2O3SSi2. The molecule has 0 bridgehead atoms. The summed E-state index contributed by atoms with van der Waals surface area (Å²) in [6, 6.07) is 0.686. The number of halogens is 3. The summed E-state index contributed by atoms with van der Waals surface area (Å²) in [6.07, 6.45) is 2.19. The van der Waals surface area contributed by atoms with Crippen LogP contribution in [0, 0.1) is 5.95 Å². The molecule has 0 amide bonds. The lowest BCUT2D eigenvalue weighted by molar-refractivity contribution is -0.105. The van der Waals surface area contributed by atoms with Crippen molar-refractivity contribution in [1.82, 2.24) is 9.71 Å². The molecule has 11 heteroatoms. The molecule has 1 aromatic heterocycles. The SMILES string of the molecule is CC(F)(F)Cc1cnc(F)c([C@H](CC2(O[Si](C)(C)C(C)(C)C)CC(O[Si](C)(C)C(C)(C)C)C2)N[S@+]([O-])C(C)(C)C)c1. The van der Waals surface area contributed by atoms with E-state index in [9.17, 15) is 13.3 Å². The Bertz CT molecular complexity index is 1040. The number of nitrogens with zero attached hydrogens (tertiary/aromatic N) is 1. The van der Waals surface area contributed by atoms with E-state index in [4.69, 9.17) is 8.85 Å². The Hall–Kier alpha value is -0.436. The smallest absolute Gasteiger partial charge is 0.249 e. The van der Waals surface area contributed by atoms with E-state index in [-0.39, 0.29) is 27.3 Å². The summed E-state index contributed by atoms with van der Waals surface area (Å²) in [5.41, 5.74) is -0.280. The zero-order chi connectivity index (χ0) is 32.0. The Labute approximate surface area is 252 Å². The van der Waals surface area contributed by atoms with Gasteiger partial charge in [0.2, 0.25) is 11.9 Å². The van der Waals surface area contributed by atoms with Crippen molar-refractivity contribution in [2.24, 2.45) is 0 Å². The first-order valence-electron chi connectivity index (χ1n) is 14.7. The molecule has 1 aromatic rings. The summed E-state index contributed by atoms with van der Waals surface area (Å²) in [7, 11) is -4.33. The van der Waals surface area contributed by atoms with Crippen LogP contribution in [0.3, 0.4) is 0 Å². The zero-order valence-electron chi connectivity index (χ0n) is 27.9. The lowest BCUT2D eigenvalue weighted by Gasteiger charge is -2.56. The van der Waals surface area contributed by atoms with Crippen molar-refractivity contribution in [3.63, 3.8) is 0 Å². The number of pyridine rings is 1. The molecular weight excluding hydrogens is 582 g/mol. The fourth-order valence-corrected chi connectivity index (χ4v) is 8.35. The Balaban J connectivity index is 2.54. The Kier molecular flexibility index (Phi) is 10.9. The molecule has 0 radical (unpaired) electrons. The fourth-order valence-electron chi connectivity index (χ4n) is 4.54. The van der Waals surface area contributed by atoms with Crippen molar-refractivity contribution in [1.29, 1.82) is 0 Å². The second-order valence-electron chi connectivity index (χ2n) is 16.2. The van der Waals surface area contributed by atoms with E-state index in [1.165, 1.54) is 6.07 Å². The monoisotopic (exact) mass is 636 g/mol. The highest BCUT2D eigenvalue weighted by Gasteiger charge is 2.55. The van der Waals surface area contributed by atoms with Crippen LogP contribution in [-0.4, -0.2) is 48.5 Å². The lowest BCUT2D eigenvalue weighted by atomic mass is 9.73. The molecule has 0 aliphatic heterocycles. The second-order valence-corrected chi connectivity index (χ2v) is 27.7. The van der Waals surface area contributed by atoms with Crippen molar-refractivity contribution in [2.45, 2.75) is 160 Å². The number of nitrogens with one attached hydrogen (secondary N) is 1. The third-order valence-corrected chi connectivity index (χ3v) is 19.6. The minimum Gasteiger partial charge on any atom is -0.598 e. The van der Waals surface area contributed by atoms with Gasteiger partial charge in [-0.25, -0.2) is 13.8 Å². The lowest BCUT2D eigenvalue weighted by Crippen LogP contribution is -2.61. The van der Waals surface area contributed by atoms with Crippen LogP contribution in [-0.2, 0) is 26.6 Å². The predicted octanol–water partition coefficient (Wildman–Crippen LogP) is 8.85. The number of hydrogen-bond acceptors (Lipinski definition) is 5. The van der Waals surface area contributed by atoms with Gasteiger partial charge >= 0.3 is 0 Å². The van der Waals surface area contributed by atoms with E-state index in [1.807, 2.05) is 20.8 Å². The highest BCUT2D eigenvalue weighted by Crippen LogP contribution is 2.52. The van der Waals surface area contributed by atoms with Crippen LogP contribution in [0.4, 0.5) is 13.2 Å². The van der Waals surface area contributed by atoms with Crippen molar-refractivity contribution >= 4 is 28.0 Å². The molecule has 5 nitrogen and oxygen atoms in total. The van der Waals surface area contributed by atoms with Gasteiger partial charge in [-0.3, -0.25) is 0 Å². The minimum atomic E-state index is -2.97. The first-order chi connectivity index (χ1) is 18.1. The standard InChI is InChI=1S/C30H55F3N2O3SSi2/c1-26(2,3)39(36)35-24(23-15-21(16-29(10,32)33)20-34-25(23)31)19-30(38-41(13,14)28(7,8)9)17-22(18-30)37-40(11,12)27(4,5)6/h15,20,22,24,35H,16-19H2,1-14H3/t22?,24-,30?,39+/m0/s1. The Morgan fingerprint density at radius 1 is 1.00 bits per heavy atom. The highest BCUT2D eigenvalue weighted by atomic mass is 32.2. The molecule has 1 heterocycles. The van der Waals surface area contributed by atoms with E-state index < -0.39 is 62.7 Å². The largest absolute Gasteiger partial charge is 0.598 e. The number of rotatable bonds is 11. The molecule has 0 spiro atoms. The van der Waals surface area contributed by atoms with Gasteiger partial charge in [0.25, 0.3) is 0 Å². The molecule has 2 atom stereocenters. The van der Waals surface area contributed by atoms with Crippen LogP contribution in [0.2, 0.25) is 36.3 Å². The summed E-state index contributed by atoms with van der Waals surface area (Å²) < 4.78 is 72.9. The van der Waals surface area contributed by atoms with Crippen molar-refractivity contribution in [3.05, 3.63) is 29.3 Å². The third-order valence-electron chi connectivity index (χ3n) is 8.94. The molecule has 0 aromatic carbocycles. The first kappa shape index (κ1) is 36.8. The average Bonchev–Trinajstić information content (AvgIpc) is 2.69. The van der Waals surface area contributed by atoms with Crippen molar-refractivity contribution in [2.75, 3.05) is 0 Å². The van der Waals surface area contributed by atoms with Gasteiger partial charge in [0.1, 0.15) is 4.75 Å². The second kappa shape index (κ2) is 12.2. The quantitative estimate of drug-likeness (QED) is 0.149. The number of alkyl halides is 2. The molecule has 0 unspecified atom stereocenters. The molecule has 1 N–H and O–H groups in total. The summed E-state index contributed by atoms with van der Waals surface area (Å²) >= 11 is -1.55.